The fourth-order valence-electron chi connectivity index (χ4n) is 4.37. The molecular formula is C23H31N3O7. The first-order valence-corrected chi connectivity index (χ1v) is 11.7. The summed E-state index contributed by atoms with van der Waals surface area (Å²) in [5, 5.41) is 12.7. The van der Waals surface area contributed by atoms with Gasteiger partial charge in [-0.3, -0.25) is 9.69 Å². The number of nitrogens with one attached hydrogen (secondary N) is 1. The number of ether oxygens (including phenoxy) is 3. The largest absolute Gasteiger partial charge is 0.480 e. The molecule has 0 aromatic heterocycles. The molecule has 2 saturated heterocycles. The van der Waals surface area contributed by atoms with Gasteiger partial charge in [0.25, 0.3) is 5.91 Å². The van der Waals surface area contributed by atoms with Crippen molar-refractivity contribution in [2.24, 2.45) is 0 Å². The van der Waals surface area contributed by atoms with Crippen LogP contribution in [-0.4, -0.2) is 77.9 Å². The second-order valence-corrected chi connectivity index (χ2v) is 8.56. The average Bonchev–Trinajstić information content (AvgIpc) is 3.24. The SMILES string of the molecule is CCCCC1Oc2cc(OC(=O)N3CCCCC3C(=O)O)c(C(=O)N3CCNCC3)cc2O1. The van der Waals surface area contributed by atoms with E-state index in [2.05, 4.69) is 12.2 Å². The van der Waals surface area contributed by atoms with Crippen LogP contribution in [0.4, 0.5) is 4.79 Å². The molecule has 2 atom stereocenters. The molecule has 2 unspecified atom stereocenters. The van der Waals surface area contributed by atoms with Gasteiger partial charge in [0, 0.05) is 51.3 Å². The van der Waals surface area contributed by atoms with E-state index in [1.165, 1.54) is 11.0 Å². The van der Waals surface area contributed by atoms with Crippen LogP contribution in [0.25, 0.3) is 0 Å². The van der Waals surface area contributed by atoms with Crippen LogP contribution < -0.4 is 19.5 Å². The monoisotopic (exact) mass is 461 g/mol. The number of hydrogen-bond donors (Lipinski definition) is 2. The molecule has 2 amide bonds. The molecule has 2 N–H and O–H groups in total. The lowest BCUT2D eigenvalue weighted by atomic mass is 10.0. The van der Waals surface area contributed by atoms with E-state index in [-0.39, 0.29) is 17.2 Å². The summed E-state index contributed by atoms with van der Waals surface area (Å²) in [4.78, 5) is 40.8. The lowest BCUT2D eigenvalue weighted by Gasteiger charge is -2.32. The Hall–Kier alpha value is -3.01. The molecular weight excluding hydrogens is 430 g/mol. The number of amides is 2. The summed E-state index contributed by atoms with van der Waals surface area (Å²) in [6.45, 7) is 4.80. The molecule has 3 heterocycles. The van der Waals surface area contributed by atoms with Crippen molar-refractivity contribution in [3.63, 3.8) is 0 Å². The molecule has 1 aromatic rings. The summed E-state index contributed by atoms with van der Waals surface area (Å²) in [6, 6.07) is 2.14. The first kappa shape index (κ1) is 23.2. The Morgan fingerprint density at radius 2 is 1.85 bits per heavy atom. The molecule has 0 spiro atoms. The molecule has 33 heavy (non-hydrogen) atoms. The van der Waals surface area contributed by atoms with Gasteiger partial charge >= 0.3 is 12.1 Å². The molecule has 3 aliphatic rings. The average molecular weight is 462 g/mol. The molecule has 0 bridgehead atoms. The summed E-state index contributed by atoms with van der Waals surface area (Å²) in [5.74, 6) is -0.430. The van der Waals surface area contributed by atoms with Gasteiger partial charge in [0.15, 0.2) is 11.5 Å². The molecule has 0 radical (unpaired) electrons. The number of fused-ring (bicyclic) bond motifs is 1. The summed E-state index contributed by atoms with van der Waals surface area (Å²) in [5.41, 5.74) is 0.202. The van der Waals surface area contributed by atoms with Crippen molar-refractivity contribution < 1.29 is 33.7 Å². The Morgan fingerprint density at radius 1 is 1.12 bits per heavy atom. The summed E-state index contributed by atoms with van der Waals surface area (Å²) in [6.07, 6.45) is 3.20. The molecule has 2 fully saturated rings. The Balaban J connectivity index is 1.60. The molecule has 0 aliphatic carbocycles. The minimum absolute atomic E-state index is 0.0525. The van der Waals surface area contributed by atoms with E-state index in [1.807, 2.05) is 0 Å². The predicted octanol–water partition coefficient (Wildman–Crippen LogP) is 2.46. The molecule has 3 aliphatic heterocycles. The number of carboxylic acid groups (broad SMARTS) is 1. The van der Waals surface area contributed by atoms with Crippen LogP contribution in [0.15, 0.2) is 12.1 Å². The topological polar surface area (TPSA) is 118 Å². The minimum Gasteiger partial charge on any atom is -0.480 e. The fourth-order valence-corrected chi connectivity index (χ4v) is 4.37. The van der Waals surface area contributed by atoms with Gasteiger partial charge in [0.05, 0.1) is 5.56 Å². The van der Waals surface area contributed by atoms with Crippen molar-refractivity contribution in [1.29, 1.82) is 0 Å². The van der Waals surface area contributed by atoms with Crippen LogP contribution in [0.1, 0.15) is 55.8 Å². The van der Waals surface area contributed by atoms with Gasteiger partial charge in [-0.25, -0.2) is 9.59 Å². The van der Waals surface area contributed by atoms with E-state index in [9.17, 15) is 19.5 Å². The highest BCUT2D eigenvalue weighted by Gasteiger charge is 2.35. The van der Waals surface area contributed by atoms with Crippen molar-refractivity contribution >= 4 is 18.0 Å². The smallest absolute Gasteiger partial charge is 0.416 e. The number of carbonyl (C=O) groups excluding carboxylic acids is 2. The third kappa shape index (κ3) is 5.16. The minimum atomic E-state index is -1.06. The van der Waals surface area contributed by atoms with Gasteiger partial charge in [0.1, 0.15) is 11.8 Å². The van der Waals surface area contributed by atoms with Gasteiger partial charge in [-0.05, 0) is 25.7 Å². The Labute approximate surface area is 192 Å². The van der Waals surface area contributed by atoms with Gasteiger partial charge in [-0.15, -0.1) is 0 Å². The van der Waals surface area contributed by atoms with Crippen molar-refractivity contribution in [3.8, 4) is 17.2 Å². The van der Waals surface area contributed by atoms with E-state index in [1.54, 1.807) is 11.0 Å². The molecule has 4 rings (SSSR count). The standard InChI is InChI=1S/C23H31N3O7/c1-2-3-7-20-31-18-13-15(21(27)25-11-8-24-9-12-25)17(14-19(18)32-20)33-23(30)26-10-5-4-6-16(26)22(28)29/h13-14,16,20,24H,2-12H2,1H3,(H,28,29). The van der Waals surface area contributed by atoms with Crippen molar-refractivity contribution in [2.75, 3.05) is 32.7 Å². The Bertz CT molecular complexity index is 900. The summed E-state index contributed by atoms with van der Waals surface area (Å²) >= 11 is 0. The lowest BCUT2D eigenvalue weighted by molar-refractivity contribution is -0.143. The zero-order chi connectivity index (χ0) is 23.4. The second kappa shape index (κ2) is 10.3. The number of benzene rings is 1. The van der Waals surface area contributed by atoms with Crippen LogP contribution in [0.5, 0.6) is 17.2 Å². The van der Waals surface area contributed by atoms with Crippen molar-refractivity contribution in [1.82, 2.24) is 15.1 Å². The number of piperidine rings is 1. The number of rotatable bonds is 6. The Morgan fingerprint density at radius 3 is 2.55 bits per heavy atom. The maximum atomic E-state index is 13.3. The quantitative estimate of drug-likeness (QED) is 0.663. The highest BCUT2D eigenvalue weighted by molar-refractivity contribution is 5.98. The van der Waals surface area contributed by atoms with Gasteiger partial charge < -0.3 is 29.5 Å². The number of hydrogen-bond acceptors (Lipinski definition) is 7. The molecule has 10 nitrogen and oxygen atoms in total. The van der Waals surface area contributed by atoms with Crippen LogP contribution in [0.3, 0.4) is 0 Å². The molecule has 1 aromatic carbocycles. The summed E-state index contributed by atoms with van der Waals surface area (Å²) < 4.78 is 17.4. The van der Waals surface area contributed by atoms with Crippen LogP contribution in [-0.2, 0) is 4.79 Å². The van der Waals surface area contributed by atoms with E-state index in [4.69, 9.17) is 14.2 Å². The van der Waals surface area contributed by atoms with Gasteiger partial charge in [0.2, 0.25) is 6.29 Å². The molecule has 0 saturated carbocycles. The van der Waals surface area contributed by atoms with E-state index in [0.29, 0.717) is 63.5 Å². The van der Waals surface area contributed by atoms with E-state index >= 15 is 0 Å². The van der Waals surface area contributed by atoms with Crippen molar-refractivity contribution in [2.45, 2.75) is 57.8 Å². The molecule has 180 valence electrons. The molecule has 10 heteroatoms. The number of unbranched alkanes of at least 4 members (excludes halogenated alkanes) is 1. The van der Waals surface area contributed by atoms with Crippen LogP contribution >= 0.6 is 0 Å². The first-order chi connectivity index (χ1) is 16.0. The highest BCUT2D eigenvalue weighted by atomic mass is 16.7. The zero-order valence-corrected chi connectivity index (χ0v) is 18.9. The highest BCUT2D eigenvalue weighted by Crippen LogP contribution is 2.41. The predicted molar refractivity (Wildman–Crippen MR) is 118 cm³/mol. The normalized spacial score (nSPS) is 22.2. The third-order valence-corrected chi connectivity index (χ3v) is 6.21. The number of likely N-dealkylation sites (tertiary alicyclic amines) is 1. The fraction of sp³-hybridized carbons (Fsp3) is 0.609. The van der Waals surface area contributed by atoms with Crippen LogP contribution in [0, 0.1) is 0 Å². The maximum absolute atomic E-state index is 13.3. The second-order valence-electron chi connectivity index (χ2n) is 8.56. The number of aliphatic carboxylic acids is 1. The number of carbonyl (C=O) groups is 3. The van der Waals surface area contributed by atoms with E-state index in [0.717, 1.165) is 19.3 Å². The Kier molecular flexibility index (Phi) is 7.22. The van der Waals surface area contributed by atoms with Gasteiger partial charge in [-0.2, -0.15) is 0 Å². The third-order valence-electron chi connectivity index (χ3n) is 6.21. The number of nitrogens with zero attached hydrogens (tertiary/aromatic N) is 2. The van der Waals surface area contributed by atoms with Crippen molar-refractivity contribution in [3.05, 3.63) is 17.7 Å². The maximum Gasteiger partial charge on any atom is 0.416 e. The number of piperazine rings is 1. The lowest BCUT2D eigenvalue weighted by Crippen LogP contribution is -2.49. The zero-order valence-electron chi connectivity index (χ0n) is 18.9. The number of carboxylic acids is 1. The van der Waals surface area contributed by atoms with E-state index < -0.39 is 24.4 Å². The summed E-state index contributed by atoms with van der Waals surface area (Å²) in [7, 11) is 0. The van der Waals surface area contributed by atoms with Gasteiger partial charge in [-0.1, -0.05) is 13.3 Å². The van der Waals surface area contributed by atoms with Crippen LogP contribution in [0.2, 0.25) is 0 Å². The first-order valence-electron chi connectivity index (χ1n) is 11.7.